The van der Waals surface area contributed by atoms with Gasteiger partial charge in [0.2, 0.25) is 0 Å². The Kier molecular flexibility index (Phi) is 3.16. The van der Waals surface area contributed by atoms with E-state index in [4.69, 9.17) is 16.0 Å². The van der Waals surface area contributed by atoms with Crippen molar-refractivity contribution in [2.45, 2.75) is 0 Å². The van der Waals surface area contributed by atoms with E-state index in [0.29, 0.717) is 0 Å². The molecule has 128 valence electrons. The number of halogens is 1. The van der Waals surface area contributed by atoms with Crippen molar-refractivity contribution in [3.63, 3.8) is 0 Å². The summed E-state index contributed by atoms with van der Waals surface area (Å²) in [5.41, 5.74) is 4.24. The van der Waals surface area contributed by atoms with E-state index in [2.05, 4.69) is 60.7 Å². The van der Waals surface area contributed by atoms with Gasteiger partial charge in [0.05, 0.1) is 0 Å². The number of hydrogen-bond donors (Lipinski definition) is 0. The zero-order chi connectivity index (χ0) is 18.0. The zero-order valence-electron chi connectivity index (χ0n) is 14.2. The number of rotatable bonds is 1. The van der Waals surface area contributed by atoms with Gasteiger partial charge in [0, 0.05) is 36.0 Å². The van der Waals surface area contributed by atoms with Crippen LogP contribution in [0.5, 0.6) is 0 Å². The summed E-state index contributed by atoms with van der Waals surface area (Å²) in [6.07, 6.45) is 0. The molecule has 2 aromatic heterocycles. The van der Waals surface area contributed by atoms with Crippen LogP contribution in [0.3, 0.4) is 0 Å². The second-order valence-corrected chi connectivity index (χ2v) is 8.17. The third-order valence-corrected chi connectivity index (χ3v) is 6.68. The molecule has 0 aliphatic carbocycles. The number of thiophene rings is 1. The van der Waals surface area contributed by atoms with Crippen LogP contribution in [0.2, 0.25) is 5.02 Å². The van der Waals surface area contributed by atoms with Crippen molar-refractivity contribution < 1.29 is 4.42 Å². The highest BCUT2D eigenvalue weighted by Crippen LogP contribution is 2.44. The van der Waals surface area contributed by atoms with Crippen LogP contribution in [0.1, 0.15) is 0 Å². The Morgan fingerprint density at radius 2 is 1.48 bits per heavy atom. The van der Waals surface area contributed by atoms with Crippen LogP contribution in [0.25, 0.3) is 53.2 Å². The van der Waals surface area contributed by atoms with E-state index >= 15 is 0 Å². The molecule has 6 aromatic rings. The first-order valence-electron chi connectivity index (χ1n) is 8.81. The maximum atomic E-state index is 6.58. The molecule has 0 amide bonds. The molecule has 0 spiro atoms. The van der Waals surface area contributed by atoms with Crippen LogP contribution < -0.4 is 0 Å². The fourth-order valence-electron chi connectivity index (χ4n) is 3.91. The molecule has 0 fully saturated rings. The van der Waals surface area contributed by atoms with E-state index in [9.17, 15) is 0 Å². The summed E-state index contributed by atoms with van der Waals surface area (Å²) >= 11 is 8.38. The highest BCUT2D eigenvalue weighted by Gasteiger charge is 2.14. The average Bonchev–Trinajstić information content (AvgIpc) is 3.27. The molecule has 1 nitrogen and oxygen atoms in total. The van der Waals surface area contributed by atoms with Gasteiger partial charge >= 0.3 is 0 Å². The molecule has 0 atom stereocenters. The molecule has 0 bridgehead atoms. The maximum absolute atomic E-state index is 6.58. The van der Waals surface area contributed by atoms with E-state index in [0.717, 1.165) is 32.3 Å². The molecule has 6 rings (SSSR count). The molecular weight excluding hydrogens is 372 g/mol. The quantitative estimate of drug-likeness (QED) is 0.278. The normalized spacial score (nSPS) is 11.9. The molecule has 4 aromatic carbocycles. The molecule has 2 heterocycles. The van der Waals surface area contributed by atoms with Crippen LogP contribution in [0.4, 0.5) is 0 Å². The van der Waals surface area contributed by atoms with E-state index in [1.165, 1.54) is 25.9 Å². The van der Waals surface area contributed by atoms with Crippen molar-refractivity contribution in [2.75, 3.05) is 0 Å². The molecule has 0 N–H and O–H groups in total. The molecule has 0 radical (unpaired) electrons. The summed E-state index contributed by atoms with van der Waals surface area (Å²) < 4.78 is 8.47. The standard InChI is InChI=1S/C24H13ClOS/c25-19-11-10-15(24-23(19)17-6-2-4-8-22(17)27-24)14-9-12-21-18(13-14)16-5-1-3-7-20(16)26-21/h1-13H. The van der Waals surface area contributed by atoms with Crippen molar-refractivity contribution in [3.05, 3.63) is 83.9 Å². The SMILES string of the molecule is Clc1ccc(-c2ccc3oc4ccccc4c3c2)c2sc3ccccc3c12. The Morgan fingerprint density at radius 3 is 2.41 bits per heavy atom. The van der Waals surface area contributed by atoms with E-state index in [1.54, 1.807) is 11.3 Å². The van der Waals surface area contributed by atoms with Gasteiger partial charge in [0.1, 0.15) is 11.2 Å². The Labute approximate surface area is 164 Å². The van der Waals surface area contributed by atoms with Gasteiger partial charge in [0.25, 0.3) is 0 Å². The van der Waals surface area contributed by atoms with Gasteiger partial charge in [0.15, 0.2) is 0 Å². The lowest BCUT2D eigenvalue weighted by atomic mass is 10.0. The van der Waals surface area contributed by atoms with Gasteiger partial charge in [-0.15, -0.1) is 11.3 Å². The van der Waals surface area contributed by atoms with Gasteiger partial charge < -0.3 is 4.42 Å². The van der Waals surface area contributed by atoms with Crippen LogP contribution in [-0.2, 0) is 0 Å². The van der Waals surface area contributed by atoms with Crippen molar-refractivity contribution in [1.29, 1.82) is 0 Å². The third-order valence-electron chi connectivity index (χ3n) is 5.16. The predicted octanol–water partition coefficient (Wildman–Crippen LogP) is 8.27. The van der Waals surface area contributed by atoms with Crippen molar-refractivity contribution in [3.8, 4) is 11.1 Å². The van der Waals surface area contributed by atoms with Gasteiger partial charge in [-0.2, -0.15) is 0 Å². The monoisotopic (exact) mass is 384 g/mol. The average molecular weight is 385 g/mol. The Morgan fingerprint density at radius 1 is 0.704 bits per heavy atom. The van der Waals surface area contributed by atoms with Crippen LogP contribution in [-0.4, -0.2) is 0 Å². The number of para-hydroxylation sites is 1. The van der Waals surface area contributed by atoms with Gasteiger partial charge in [-0.1, -0.05) is 60.1 Å². The summed E-state index contributed by atoms with van der Waals surface area (Å²) in [6.45, 7) is 0. The van der Waals surface area contributed by atoms with Crippen LogP contribution in [0, 0.1) is 0 Å². The minimum absolute atomic E-state index is 0.807. The van der Waals surface area contributed by atoms with Crippen LogP contribution in [0.15, 0.2) is 83.3 Å². The Balaban J connectivity index is 1.70. The second kappa shape index (κ2) is 5.59. The first-order valence-corrected chi connectivity index (χ1v) is 10.0. The second-order valence-electron chi connectivity index (χ2n) is 6.71. The lowest BCUT2D eigenvalue weighted by Gasteiger charge is -2.05. The van der Waals surface area contributed by atoms with Crippen molar-refractivity contribution >= 4 is 65.0 Å². The molecule has 0 saturated carbocycles. The fraction of sp³-hybridized carbons (Fsp3) is 0. The fourth-order valence-corrected chi connectivity index (χ4v) is 5.49. The summed E-state index contributed by atoms with van der Waals surface area (Å²) in [7, 11) is 0. The largest absolute Gasteiger partial charge is 0.456 e. The Hall–Kier alpha value is -2.81. The van der Waals surface area contributed by atoms with E-state index < -0.39 is 0 Å². The smallest absolute Gasteiger partial charge is 0.135 e. The van der Waals surface area contributed by atoms with Crippen molar-refractivity contribution in [1.82, 2.24) is 0 Å². The lowest BCUT2D eigenvalue weighted by molar-refractivity contribution is 0.669. The number of furan rings is 1. The summed E-state index contributed by atoms with van der Waals surface area (Å²) in [5.74, 6) is 0. The summed E-state index contributed by atoms with van der Waals surface area (Å²) in [5, 5.41) is 5.47. The zero-order valence-corrected chi connectivity index (χ0v) is 15.8. The first kappa shape index (κ1) is 15.3. The molecular formula is C24H13ClOS. The molecule has 0 aliphatic heterocycles. The van der Waals surface area contributed by atoms with E-state index in [-0.39, 0.29) is 0 Å². The van der Waals surface area contributed by atoms with Gasteiger partial charge in [-0.3, -0.25) is 0 Å². The molecule has 0 unspecified atom stereocenters. The summed E-state index contributed by atoms with van der Waals surface area (Å²) in [6, 6.07) is 27.2. The predicted molar refractivity (Wildman–Crippen MR) is 117 cm³/mol. The van der Waals surface area contributed by atoms with E-state index in [1.807, 2.05) is 18.2 Å². The topological polar surface area (TPSA) is 13.1 Å². The van der Waals surface area contributed by atoms with Gasteiger partial charge in [-0.25, -0.2) is 0 Å². The maximum Gasteiger partial charge on any atom is 0.135 e. The van der Waals surface area contributed by atoms with Crippen LogP contribution >= 0.6 is 22.9 Å². The lowest BCUT2D eigenvalue weighted by Crippen LogP contribution is -1.79. The van der Waals surface area contributed by atoms with Crippen molar-refractivity contribution in [2.24, 2.45) is 0 Å². The minimum atomic E-state index is 0.807. The Bertz CT molecular complexity index is 1490. The molecule has 27 heavy (non-hydrogen) atoms. The first-order chi connectivity index (χ1) is 13.3. The highest BCUT2D eigenvalue weighted by atomic mass is 35.5. The molecule has 3 heteroatoms. The number of fused-ring (bicyclic) bond motifs is 6. The number of hydrogen-bond acceptors (Lipinski definition) is 2. The highest BCUT2D eigenvalue weighted by molar-refractivity contribution is 7.26. The third kappa shape index (κ3) is 2.18. The minimum Gasteiger partial charge on any atom is -0.456 e. The number of benzene rings is 4. The molecule has 0 aliphatic rings. The summed E-state index contributed by atoms with van der Waals surface area (Å²) in [4.78, 5) is 0. The van der Waals surface area contributed by atoms with Gasteiger partial charge in [-0.05, 0) is 41.5 Å². The molecule has 0 saturated heterocycles.